The van der Waals surface area contributed by atoms with Crippen LogP contribution in [-0.4, -0.2) is 18.1 Å². The van der Waals surface area contributed by atoms with E-state index in [0.717, 1.165) is 11.3 Å². The first-order valence-electron chi connectivity index (χ1n) is 7.84. The smallest absolute Gasteiger partial charge is 0.158 e. The van der Waals surface area contributed by atoms with Crippen molar-refractivity contribution in [3.8, 4) is 0 Å². The summed E-state index contributed by atoms with van der Waals surface area (Å²) in [5.74, 6) is 0.985. The molecular weight excluding hydrogens is 272 g/mol. The highest BCUT2D eigenvalue weighted by molar-refractivity contribution is 5.99. The van der Waals surface area contributed by atoms with Gasteiger partial charge in [0, 0.05) is 35.8 Å². The summed E-state index contributed by atoms with van der Waals surface area (Å²) in [4.78, 5) is 4.65. The van der Waals surface area contributed by atoms with Crippen LogP contribution in [0.15, 0.2) is 35.0 Å². The Labute approximate surface area is 131 Å². The molecule has 1 aromatic heterocycles. The summed E-state index contributed by atoms with van der Waals surface area (Å²) in [6.45, 7) is 8.72. The summed E-state index contributed by atoms with van der Waals surface area (Å²) in [7, 11) is 2.14. The highest BCUT2D eigenvalue weighted by atomic mass is 16.3. The minimum absolute atomic E-state index is 0.0588. The number of allylic oxidation sites excluding steroid dienone is 1. The van der Waals surface area contributed by atoms with E-state index in [1.807, 2.05) is 13.8 Å². The number of likely N-dealkylation sites (N-methyl/N-ethyl adjacent to an activating group) is 1. The van der Waals surface area contributed by atoms with E-state index >= 15 is 0 Å². The van der Waals surface area contributed by atoms with Crippen LogP contribution in [0.25, 0.3) is 17.0 Å². The third-order valence-corrected chi connectivity index (χ3v) is 5.10. The Balaban J connectivity index is 2.05. The molecule has 3 heterocycles. The summed E-state index contributed by atoms with van der Waals surface area (Å²) in [5, 5.41) is 1.20. The van der Waals surface area contributed by atoms with Crippen molar-refractivity contribution in [2.24, 2.45) is 0 Å². The Bertz CT molecular complexity index is 826. The lowest BCUT2D eigenvalue weighted by atomic mass is 9.83. The maximum Gasteiger partial charge on any atom is 0.158 e. The van der Waals surface area contributed by atoms with Crippen LogP contribution in [0.2, 0.25) is 0 Å². The van der Waals surface area contributed by atoms with Gasteiger partial charge in [-0.25, -0.2) is 0 Å². The first kappa shape index (κ1) is 13.5. The van der Waals surface area contributed by atoms with Gasteiger partial charge in [0.2, 0.25) is 0 Å². The van der Waals surface area contributed by atoms with Crippen LogP contribution in [0.5, 0.6) is 0 Å². The van der Waals surface area contributed by atoms with E-state index in [4.69, 9.17) is 4.42 Å². The second kappa shape index (κ2) is 4.19. The largest absolute Gasteiger partial charge is 0.459 e. The molecule has 3 heteroatoms. The maximum absolute atomic E-state index is 6.19. The van der Waals surface area contributed by atoms with E-state index in [-0.39, 0.29) is 5.41 Å². The number of furan rings is 1. The lowest BCUT2D eigenvalue weighted by Gasteiger charge is -2.34. The number of aryl methyl sites for hydroxylation is 1. The van der Waals surface area contributed by atoms with Crippen LogP contribution in [0.3, 0.4) is 0 Å². The summed E-state index contributed by atoms with van der Waals surface area (Å²) >= 11 is 0. The molecule has 0 spiro atoms. The van der Waals surface area contributed by atoms with Gasteiger partial charge in [0.1, 0.15) is 11.9 Å². The Morgan fingerprint density at radius 3 is 2.73 bits per heavy atom. The van der Waals surface area contributed by atoms with Gasteiger partial charge in [-0.15, -0.1) is 0 Å². The number of benzene rings is 1. The lowest BCUT2D eigenvalue weighted by Crippen LogP contribution is -2.44. The third kappa shape index (κ3) is 1.46. The van der Waals surface area contributed by atoms with Crippen molar-refractivity contribution in [3.63, 3.8) is 0 Å². The Kier molecular flexibility index (Phi) is 2.57. The van der Waals surface area contributed by atoms with Gasteiger partial charge in [0.15, 0.2) is 5.58 Å². The fraction of sp³-hybridized carbons (Fsp3) is 0.368. The maximum atomic E-state index is 6.19. The number of hydrogen-bond acceptors (Lipinski definition) is 3. The topological polar surface area (TPSA) is 19.6 Å². The molecule has 0 saturated heterocycles. The van der Waals surface area contributed by atoms with E-state index in [9.17, 15) is 0 Å². The van der Waals surface area contributed by atoms with Crippen molar-refractivity contribution in [3.05, 3.63) is 47.5 Å². The molecule has 2 aliphatic heterocycles. The molecule has 0 N–H and O–H groups in total. The molecule has 1 unspecified atom stereocenters. The SMILES string of the molecule is C/C=C\c1c(C)oc2c3c(ccc12)C(C)(C)C1N(C)C=CN31. The molecule has 22 heavy (non-hydrogen) atoms. The van der Waals surface area contributed by atoms with Crippen molar-refractivity contribution in [1.29, 1.82) is 0 Å². The molecule has 0 bridgehead atoms. The fourth-order valence-corrected chi connectivity index (χ4v) is 4.16. The predicted molar refractivity (Wildman–Crippen MR) is 91.9 cm³/mol. The van der Waals surface area contributed by atoms with Gasteiger partial charge in [-0.05, 0) is 19.4 Å². The van der Waals surface area contributed by atoms with E-state index in [1.165, 1.54) is 22.2 Å². The average molecular weight is 294 g/mol. The van der Waals surface area contributed by atoms with Gasteiger partial charge >= 0.3 is 0 Å². The first-order valence-corrected chi connectivity index (χ1v) is 7.84. The van der Waals surface area contributed by atoms with E-state index in [0.29, 0.717) is 6.17 Å². The fourth-order valence-electron chi connectivity index (χ4n) is 4.16. The van der Waals surface area contributed by atoms with Crippen molar-refractivity contribution < 1.29 is 4.42 Å². The molecule has 3 nitrogen and oxygen atoms in total. The molecule has 0 radical (unpaired) electrons. The van der Waals surface area contributed by atoms with Crippen LogP contribution in [0, 0.1) is 6.92 Å². The van der Waals surface area contributed by atoms with Crippen molar-refractivity contribution in [2.75, 3.05) is 11.9 Å². The van der Waals surface area contributed by atoms with E-state index in [1.54, 1.807) is 0 Å². The first-order chi connectivity index (χ1) is 10.5. The Morgan fingerprint density at radius 1 is 1.23 bits per heavy atom. The van der Waals surface area contributed by atoms with Crippen LogP contribution in [0.1, 0.15) is 37.7 Å². The van der Waals surface area contributed by atoms with Gasteiger partial charge in [-0.3, -0.25) is 0 Å². The van der Waals surface area contributed by atoms with Gasteiger partial charge in [-0.2, -0.15) is 0 Å². The molecule has 0 amide bonds. The molecule has 0 saturated carbocycles. The second-order valence-corrected chi connectivity index (χ2v) is 6.88. The molecule has 0 aliphatic carbocycles. The molecule has 2 aliphatic rings. The van der Waals surface area contributed by atoms with Gasteiger partial charge in [0.05, 0.1) is 5.69 Å². The van der Waals surface area contributed by atoms with Crippen molar-refractivity contribution in [1.82, 2.24) is 4.90 Å². The zero-order valence-corrected chi connectivity index (χ0v) is 13.8. The van der Waals surface area contributed by atoms with Crippen LogP contribution in [0.4, 0.5) is 5.69 Å². The lowest BCUT2D eigenvalue weighted by molar-refractivity contribution is 0.261. The molecular formula is C19H22N2O. The van der Waals surface area contributed by atoms with Gasteiger partial charge in [-0.1, -0.05) is 38.1 Å². The van der Waals surface area contributed by atoms with Gasteiger partial charge in [0.25, 0.3) is 0 Å². The average Bonchev–Trinajstić information content (AvgIpc) is 3.06. The van der Waals surface area contributed by atoms with Crippen LogP contribution < -0.4 is 4.90 Å². The highest BCUT2D eigenvalue weighted by Gasteiger charge is 2.49. The number of anilines is 1. The standard InChI is InChI=1S/C19H22N2O/c1-6-7-13-12(2)22-17-14(13)8-9-15-16(17)21-11-10-20(5)18(21)19(15,3)4/h6-11,18H,1-5H3/b7-6-. The molecule has 114 valence electrons. The van der Waals surface area contributed by atoms with E-state index in [2.05, 4.69) is 67.4 Å². The summed E-state index contributed by atoms with van der Waals surface area (Å²) in [5.41, 5.74) is 4.86. The number of rotatable bonds is 1. The minimum atomic E-state index is 0.0588. The van der Waals surface area contributed by atoms with Crippen molar-refractivity contribution in [2.45, 2.75) is 39.3 Å². The zero-order chi connectivity index (χ0) is 15.6. The molecule has 1 atom stereocenters. The van der Waals surface area contributed by atoms with Crippen LogP contribution >= 0.6 is 0 Å². The number of hydrogen-bond donors (Lipinski definition) is 0. The molecule has 4 rings (SSSR count). The molecule has 2 aromatic rings. The third-order valence-electron chi connectivity index (χ3n) is 5.10. The predicted octanol–water partition coefficient (Wildman–Crippen LogP) is 4.61. The second-order valence-electron chi connectivity index (χ2n) is 6.88. The minimum Gasteiger partial charge on any atom is -0.459 e. The Hall–Kier alpha value is -2.16. The highest BCUT2D eigenvalue weighted by Crippen LogP contribution is 2.52. The zero-order valence-electron chi connectivity index (χ0n) is 13.8. The summed E-state index contributed by atoms with van der Waals surface area (Å²) in [6.07, 6.45) is 8.85. The quantitative estimate of drug-likeness (QED) is 0.765. The normalized spacial score (nSPS) is 22.1. The van der Waals surface area contributed by atoms with Crippen molar-refractivity contribution >= 4 is 22.7 Å². The molecule has 0 fully saturated rings. The summed E-state index contributed by atoms with van der Waals surface area (Å²) < 4.78 is 6.19. The summed E-state index contributed by atoms with van der Waals surface area (Å²) in [6, 6.07) is 4.49. The Morgan fingerprint density at radius 2 is 2.00 bits per heavy atom. The monoisotopic (exact) mass is 294 g/mol. The number of fused-ring (bicyclic) bond motifs is 5. The van der Waals surface area contributed by atoms with Crippen LogP contribution in [-0.2, 0) is 5.41 Å². The van der Waals surface area contributed by atoms with Gasteiger partial charge < -0.3 is 14.2 Å². The molecule has 1 aromatic carbocycles. The number of nitrogens with zero attached hydrogens (tertiary/aromatic N) is 2. The van der Waals surface area contributed by atoms with E-state index < -0.39 is 0 Å².